The zero-order chi connectivity index (χ0) is 15.4. The van der Waals surface area contributed by atoms with E-state index in [1.54, 1.807) is 38.4 Å². The summed E-state index contributed by atoms with van der Waals surface area (Å²) in [6, 6.07) is 6.94. The fourth-order valence-corrected chi connectivity index (χ4v) is 2.71. The molecular formula is C16H23N3O2. The van der Waals surface area contributed by atoms with Crippen LogP contribution in [0.5, 0.6) is 0 Å². The van der Waals surface area contributed by atoms with Crippen LogP contribution in [0.1, 0.15) is 36.0 Å². The van der Waals surface area contributed by atoms with Crippen LogP contribution in [-0.4, -0.2) is 36.9 Å². The van der Waals surface area contributed by atoms with E-state index in [-0.39, 0.29) is 23.8 Å². The van der Waals surface area contributed by atoms with Gasteiger partial charge in [-0.25, -0.2) is 0 Å². The summed E-state index contributed by atoms with van der Waals surface area (Å²) in [6.45, 7) is 0. The van der Waals surface area contributed by atoms with Crippen LogP contribution in [0.3, 0.4) is 0 Å². The Kier molecular flexibility index (Phi) is 4.96. The molecule has 5 nitrogen and oxygen atoms in total. The predicted molar refractivity (Wildman–Crippen MR) is 83.0 cm³/mol. The standard InChI is InChI=1S/C16H23N3O2/c1-19(2)16(21)11-6-5-7-12(10-11)18-15(20)13-8-3-4-9-14(13)17/h5-7,10,13-14H,3-4,8-9,17H2,1-2H3,(H,18,20). The van der Waals surface area contributed by atoms with E-state index >= 15 is 0 Å². The molecule has 1 saturated carbocycles. The van der Waals surface area contributed by atoms with Gasteiger partial charge in [0.15, 0.2) is 0 Å². The number of benzene rings is 1. The SMILES string of the molecule is CN(C)C(=O)c1cccc(NC(=O)C2CCCCC2N)c1. The normalized spacial score (nSPS) is 21.7. The van der Waals surface area contributed by atoms with Gasteiger partial charge in [-0.3, -0.25) is 9.59 Å². The maximum absolute atomic E-state index is 12.3. The fourth-order valence-electron chi connectivity index (χ4n) is 2.71. The molecule has 1 aliphatic rings. The first-order chi connectivity index (χ1) is 9.99. The highest BCUT2D eigenvalue weighted by Gasteiger charge is 2.28. The molecule has 21 heavy (non-hydrogen) atoms. The maximum atomic E-state index is 12.3. The van der Waals surface area contributed by atoms with Crippen molar-refractivity contribution in [1.82, 2.24) is 4.90 Å². The van der Waals surface area contributed by atoms with Gasteiger partial charge in [0.2, 0.25) is 5.91 Å². The Morgan fingerprint density at radius 2 is 1.95 bits per heavy atom. The van der Waals surface area contributed by atoms with Crippen molar-refractivity contribution in [1.29, 1.82) is 0 Å². The Balaban J connectivity index is 2.07. The number of nitrogens with zero attached hydrogens (tertiary/aromatic N) is 1. The molecule has 2 amide bonds. The highest BCUT2D eigenvalue weighted by molar-refractivity contribution is 5.97. The fraction of sp³-hybridized carbons (Fsp3) is 0.500. The molecule has 1 aliphatic carbocycles. The van der Waals surface area contributed by atoms with E-state index in [1.807, 2.05) is 0 Å². The summed E-state index contributed by atoms with van der Waals surface area (Å²) in [5, 5.41) is 2.89. The van der Waals surface area contributed by atoms with Crippen molar-refractivity contribution in [3.63, 3.8) is 0 Å². The van der Waals surface area contributed by atoms with Crippen molar-refractivity contribution in [3.8, 4) is 0 Å². The number of rotatable bonds is 3. The zero-order valence-corrected chi connectivity index (χ0v) is 12.6. The highest BCUT2D eigenvalue weighted by atomic mass is 16.2. The van der Waals surface area contributed by atoms with Gasteiger partial charge in [0.25, 0.3) is 5.91 Å². The number of nitrogens with one attached hydrogen (secondary N) is 1. The molecule has 0 radical (unpaired) electrons. The van der Waals surface area contributed by atoms with E-state index in [4.69, 9.17) is 5.73 Å². The van der Waals surface area contributed by atoms with Gasteiger partial charge in [-0.1, -0.05) is 18.9 Å². The van der Waals surface area contributed by atoms with E-state index in [0.29, 0.717) is 11.3 Å². The summed E-state index contributed by atoms with van der Waals surface area (Å²) in [4.78, 5) is 25.7. The Bertz CT molecular complexity index is 528. The van der Waals surface area contributed by atoms with Crippen molar-refractivity contribution in [3.05, 3.63) is 29.8 Å². The largest absolute Gasteiger partial charge is 0.345 e. The first kappa shape index (κ1) is 15.5. The molecule has 2 atom stereocenters. The summed E-state index contributed by atoms with van der Waals surface area (Å²) >= 11 is 0. The first-order valence-electron chi connectivity index (χ1n) is 7.37. The molecule has 1 aromatic carbocycles. The lowest BCUT2D eigenvalue weighted by atomic mass is 9.84. The molecule has 1 aromatic rings. The Morgan fingerprint density at radius 1 is 1.24 bits per heavy atom. The monoisotopic (exact) mass is 289 g/mol. The number of nitrogens with two attached hydrogens (primary N) is 1. The Labute approximate surface area is 125 Å². The van der Waals surface area contributed by atoms with Gasteiger partial charge < -0.3 is 16.0 Å². The van der Waals surface area contributed by atoms with E-state index in [0.717, 1.165) is 25.7 Å². The van der Waals surface area contributed by atoms with Crippen molar-refractivity contribution >= 4 is 17.5 Å². The van der Waals surface area contributed by atoms with Gasteiger partial charge in [0.05, 0.1) is 5.92 Å². The van der Waals surface area contributed by atoms with Crippen molar-refractivity contribution in [2.75, 3.05) is 19.4 Å². The van der Waals surface area contributed by atoms with E-state index in [1.165, 1.54) is 4.90 Å². The number of amides is 2. The van der Waals surface area contributed by atoms with Crippen LogP contribution in [0, 0.1) is 5.92 Å². The van der Waals surface area contributed by atoms with Crippen molar-refractivity contribution in [2.24, 2.45) is 11.7 Å². The quantitative estimate of drug-likeness (QED) is 0.891. The van der Waals surface area contributed by atoms with Crippen LogP contribution in [0.15, 0.2) is 24.3 Å². The molecule has 0 aromatic heterocycles. The van der Waals surface area contributed by atoms with Crippen LogP contribution in [0.25, 0.3) is 0 Å². The maximum Gasteiger partial charge on any atom is 0.253 e. The smallest absolute Gasteiger partial charge is 0.253 e. The number of hydrogen-bond donors (Lipinski definition) is 2. The van der Waals surface area contributed by atoms with Gasteiger partial charge in [0, 0.05) is 31.4 Å². The number of hydrogen-bond acceptors (Lipinski definition) is 3. The van der Waals surface area contributed by atoms with Crippen molar-refractivity contribution in [2.45, 2.75) is 31.7 Å². The van der Waals surface area contributed by atoms with Gasteiger partial charge in [-0.15, -0.1) is 0 Å². The third-order valence-electron chi connectivity index (χ3n) is 3.94. The summed E-state index contributed by atoms with van der Waals surface area (Å²) in [7, 11) is 3.41. The molecule has 114 valence electrons. The predicted octanol–water partition coefficient (Wildman–Crippen LogP) is 1.84. The third kappa shape index (κ3) is 3.82. The van der Waals surface area contributed by atoms with Crippen LogP contribution < -0.4 is 11.1 Å². The van der Waals surface area contributed by atoms with Crippen LogP contribution in [0.2, 0.25) is 0 Å². The Hall–Kier alpha value is -1.88. The minimum absolute atomic E-state index is 0.0448. The second-order valence-corrected chi connectivity index (χ2v) is 5.82. The van der Waals surface area contributed by atoms with Gasteiger partial charge >= 0.3 is 0 Å². The Morgan fingerprint density at radius 3 is 2.62 bits per heavy atom. The van der Waals surface area contributed by atoms with E-state index in [2.05, 4.69) is 5.32 Å². The molecule has 0 heterocycles. The molecular weight excluding hydrogens is 266 g/mol. The molecule has 0 aliphatic heterocycles. The molecule has 5 heteroatoms. The molecule has 0 bridgehead atoms. The molecule has 3 N–H and O–H groups in total. The zero-order valence-electron chi connectivity index (χ0n) is 12.6. The third-order valence-corrected chi connectivity index (χ3v) is 3.94. The van der Waals surface area contributed by atoms with Crippen LogP contribution in [-0.2, 0) is 4.79 Å². The average Bonchev–Trinajstić information content (AvgIpc) is 2.47. The van der Waals surface area contributed by atoms with Gasteiger partial charge in [-0.2, -0.15) is 0 Å². The first-order valence-corrected chi connectivity index (χ1v) is 7.37. The highest BCUT2D eigenvalue weighted by Crippen LogP contribution is 2.24. The van der Waals surface area contributed by atoms with Crippen molar-refractivity contribution < 1.29 is 9.59 Å². The van der Waals surface area contributed by atoms with Crippen LogP contribution >= 0.6 is 0 Å². The minimum Gasteiger partial charge on any atom is -0.345 e. The molecule has 0 saturated heterocycles. The number of carbonyl (C=O) groups is 2. The summed E-state index contributed by atoms with van der Waals surface area (Å²) in [6.07, 6.45) is 3.88. The average molecular weight is 289 g/mol. The lowest BCUT2D eigenvalue weighted by molar-refractivity contribution is -0.121. The van der Waals surface area contributed by atoms with Gasteiger partial charge in [-0.05, 0) is 31.0 Å². The lowest BCUT2D eigenvalue weighted by Gasteiger charge is -2.27. The second-order valence-electron chi connectivity index (χ2n) is 5.82. The molecule has 0 spiro atoms. The minimum atomic E-state index is -0.132. The number of anilines is 1. The molecule has 1 fully saturated rings. The summed E-state index contributed by atoms with van der Waals surface area (Å²) in [5.74, 6) is -0.260. The lowest BCUT2D eigenvalue weighted by Crippen LogP contribution is -2.40. The van der Waals surface area contributed by atoms with Gasteiger partial charge in [0.1, 0.15) is 0 Å². The van der Waals surface area contributed by atoms with E-state index < -0.39 is 0 Å². The topological polar surface area (TPSA) is 75.4 Å². The molecule has 2 unspecified atom stereocenters. The molecule has 2 rings (SSSR count). The second kappa shape index (κ2) is 6.72. The summed E-state index contributed by atoms with van der Waals surface area (Å²) < 4.78 is 0. The van der Waals surface area contributed by atoms with Crippen LogP contribution in [0.4, 0.5) is 5.69 Å². The summed E-state index contributed by atoms with van der Waals surface area (Å²) in [5.41, 5.74) is 7.23. The van der Waals surface area contributed by atoms with E-state index in [9.17, 15) is 9.59 Å². The number of carbonyl (C=O) groups excluding carboxylic acids is 2.